The van der Waals surface area contributed by atoms with Crippen molar-refractivity contribution in [3.63, 3.8) is 0 Å². The number of nitrogens with zero attached hydrogens (tertiary/aromatic N) is 1. The number of rotatable bonds is 4. The van der Waals surface area contributed by atoms with Crippen molar-refractivity contribution in [1.29, 1.82) is 0 Å². The van der Waals surface area contributed by atoms with Crippen molar-refractivity contribution in [1.82, 2.24) is 9.62 Å². The SMILES string of the molecule is Cc1ccc(C)c(S(=O)(=O)N2CCC(NC(=O)c3ccccc3C(F)(F)F)CC2)c1. The maximum absolute atomic E-state index is 13.1. The Kier molecular flexibility index (Phi) is 6.24. The zero-order chi connectivity index (χ0) is 22.1. The van der Waals surface area contributed by atoms with E-state index in [1.807, 2.05) is 13.0 Å². The Bertz CT molecular complexity index is 1040. The first kappa shape index (κ1) is 22.3. The van der Waals surface area contributed by atoms with E-state index < -0.39 is 39.3 Å². The van der Waals surface area contributed by atoms with Gasteiger partial charge in [-0.05, 0) is 56.0 Å². The van der Waals surface area contributed by atoms with E-state index in [9.17, 15) is 26.4 Å². The van der Waals surface area contributed by atoms with Gasteiger partial charge in [-0.2, -0.15) is 17.5 Å². The number of amides is 1. The molecule has 3 rings (SSSR count). The molecule has 1 N–H and O–H groups in total. The minimum absolute atomic E-state index is 0.182. The minimum atomic E-state index is -4.63. The Morgan fingerprint density at radius 3 is 2.33 bits per heavy atom. The van der Waals surface area contributed by atoms with Gasteiger partial charge in [-0.1, -0.05) is 24.3 Å². The third-order valence-electron chi connectivity index (χ3n) is 5.23. The molecule has 1 fully saturated rings. The van der Waals surface area contributed by atoms with Crippen molar-refractivity contribution >= 4 is 15.9 Å². The monoisotopic (exact) mass is 440 g/mol. The molecule has 0 aromatic heterocycles. The first-order valence-corrected chi connectivity index (χ1v) is 11.0. The Morgan fingerprint density at radius 1 is 1.07 bits per heavy atom. The van der Waals surface area contributed by atoms with Crippen molar-refractivity contribution < 1.29 is 26.4 Å². The van der Waals surface area contributed by atoms with Crippen LogP contribution in [0.15, 0.2) is 47.4 Å². The van der Waals surface area contributed by atoms with E-state index in [1.54, 1.807) is 19.1 Å². The third kappa shape index (κ3) is 4.67. The summed E-state index contributed by atoms with van der Waals surface area (Å²) in [5, 5.41) is 2.62. The Morgan fingerprint density at radius 2 is 1.70 bits per heavy atom. The third-order valence-corrected chi connectivity index (χ3v) is 7.27. The first-order chi connectivity index (χ1) is 14.0. The largest absolute Gasteiger partial charge is 0.417 e. The van der Waals surface area contributed by atoms with E-state index in [-0.39, 0.29) is 18.0 Å². The number of halogens is 3. The summed E-state index contributed by atoms with van der Waals surface area (Å²) >= 11 is 0. The molecule has 0 bridgehead atoms. The number of aryl methyl sites for hydroxylation is 2. The van der Waals surface area contributed by atoms with Crippen LogP contribution in [0.25, 0.3) is 0 Å². The van der Waals surface area contributed by atoms with Gasteiger partial charge in [-0.25, -0.2) is 8.42 Å². The highest BCUT2D eigenvalue weighted by molar-refractivity contribution is 7.89. The Labute approximate surface area is 173 Å². The highest BCUT2D eigenvalue weighted by Gasteiger charge is 2.36. The molecule has 1 aliphatic heterocycles. The molecule has 9 heteroatoms. The number of carbonyl (C=O) groups is 1. The molecule has 1 amide bonds. The summed E-state index contributed by atoms with van der Waals surface area (Å²) in [6, 6.07) is 9.45. The number of carbonyl (C=O) groups excluding carboxylic acids is 1. The number of piperidine rings is 1. The van der Waals surface area contributed by atoms with E-state index in [2.05, 4.69) is 5.32 Å². The first-order valence-electron chi connectivity index (χ1n) is 9.54. The normalized spacial score (nSPS) is 16.4. The number of benzene rings is 2. The predicted octanol–water partition coefficient (Wildman–Crippen LogP) is 3.91. The molecule has 0 unspecified atom stereocenters. The Hall–Kier alpha value is -2.39. The van der Waals surface area contributed by atoms with Crippen LogP contribution in [-0.4, -0.2) is 37.8 Å². The van der Waals surface area contributed by atoms with Crippen LogP contribution in [0.4, 0.5) is 13.2 Å². The standard InChI is InChI=1S/C21H23F3N2O3S/c1-14-7-8-15(2)19(13-14)30(28,29)26-11-9-16(10-12-26)25-20(27)17-5-3-4-6-18(17)21(22,23)24/h3-8,13,16H,9-12H2,1-2H3,(H,25,27). The van der Waals surface area contributed by atoms with Crippen LogP contribution in [-0.2, 0) is 16.2 Å². The number of nitrogens with one attached hydrogen (secondary N) is 1. The van der Waals surface area contributed by atoms with Gasteiger partial charge in [0, 0.05) is 19.1 Å². The van der Waals surface area contributed by atoms with Gasteiger partial charge in [-0.3, -0.25) is 4.79 Å². The molecule has 1 saturated heterocycles. The molecule has 2 aromatic rings. The van der Waals surface area contributed by atoms with E-state index in [4.69, 9.17) is 0 Å². The fourth-order valence-corrected chi connectivity index (χ4v) is 5.34. The molecule has 30 heavy (non-hydrogen) atoms. The summed E-state index contributed by atoms with van der Waals surface area (Å²) in [5.74, 6) is -0.807. The predicted molar refractivity (Wildman–Crippen MR) is 107 cm³/mol. The van der Waals surface area contributed by atoms with Crippen LogP contribution in [0.2, 0.25) is 0 Å². The molecule has 5 nitrogen and oxygen atoms in total. The highest BCUT2D eigenvalue weighted by atomic mass is 32.2. The summed E-state index contributed by atoms with van der Waals surface area (Å²) in [7, 11) is -3.67. The second kappa shape index (κ2) is 8.39. The zero-order valence-electron chi connectivity index (χ0n) is 16.7. The summed E-state index contributed by atoms with van der Waals surface area (Å²) in [4.78, 5) is 12.7. The summed E-state index contributed by atoms with van der Waals surface area (Å²) < 4.78 is 66.7. The Balaban J connectivity index is 1.68. The quantitative estimate of drug-likeness (QED) is 0.784. The van der Waals surface area contributed by atoms with Gasteiger partial charge < -0.3 is 5.32 Å². The van der Waals surface area contributed by atoms with Gasteiger partial charge in [-0.15, -0.1) is 0 Å². The molecule has 0 aliphatic carbocycles. The van der Waals surface area contributed by atoms with E-state index >= 15 is 0 Å². The fourth-order valence-electron chi connectivity index (χ4n) is 3.56. The van der Waals surface area contributed by atoms with Gasteiger partial charge in [0.05, 0.1) is 16.0 Å². The zero-order valence-corrected chi connectivity index (χ0v) is 17.5. The van der Waals surface area contributed by atoms with Gasteiger partial charge >= 0.3 is 6.18 Å². The lowest BCUT2D eigenvalue weighted by atomic mass is 10.0. The smallest absolute Gasteiger partial charge is 0.349 e. The molecule has 0 atom stereocenters. The molecule has 1 aliphatic rings. The van der Waals surface area contributed by atoms with Gasteiger partial charge in [0.25, 0.3) is 5.91 Å². The number of sulfonamides is 1. The van der Waals surface area contributed by atoms with Crippen molar-refractivity contribution in [3.8, 4) is 0 Å². The lowest BCUT2D eigenvalue weighted by Crippen LogP contribution is -2.46. The van der Waals surface area contributed by atoms with Crippen molar-refractivity contribution in [2.24, 2.45) is 0 Å². The van der Waals surface area contributed by atoms with Crippen molar-refractivity contribution in [2.75, 3.05) is 13.1 Å². The molecule has 2 aromatic carbocycles. The van der Waals surface area contributed by atoms with E-state index in [0.29, 0.717) is 18.4 Å². The molecule has 0 radical (unpaired) electrons. The average Bonchev–Trinajstić information content (AvgIpc) is 2.69. The summed E-state index contributed by atoms with van der Waals surface area (Å²) in [6.07, 6.45) is -3.98. The van der Waals surface area contributed by atoms with E-state index in [1.165, 1.54) is 16.4 Å². The molecule has 0 spiro atoms. The van der Waals surface area contributed by atoms with Crippen LogP contribution < -0.4 is 5.32 Å². The van der Waals surface area contributed by atoms with Gasteiger partial charge in [0.1, 0.15) is 0 Å². The van der Waals surface area contributed by atoms with Crippen molar-refractivity contribution in [3.05, 3.63) is 64.7 Å². The topological polar surface area (TPSA) is 66.5 Å². The van der Waals surface area contributed by atoms with Gasteiger partial charge in [0.2, 0.25) is 10.0 Å². The van der Waals surface area contributed by atoms with Crippen molar-refractivity contribution in [2.45, 2.75) is 43.8 Å². The number of alkyl halides is 3. The summed E-state index contributed by atoms with van der Waals surface area (Å²) in [6.45, 7) is 3.92. The minimum Gasteiger partial charge on any atom is -0.349 e. The molecule has 162 valence electrons. The summed E-state index contributed by atoms with van der Waals surface area (Å²) in [5.41, 5.74) is 0.0670. The fraction of sp³-hybridized carbons (Fsp3) is 0.381. The van der Waals surface area contributed by atoms with Crippen LogP contribution in [0.1, 0.15) is 39.9 Å². The van der Waals surface area contributed by atoms with Crippen LogP contribution in [0, 0.1) is 13.8 Å². The maximum atomic E-state index is 13.1. The molecular formula is C21H23F3N2O3S. The second-order valence-corrected chi connectivity index (χ2v) is 9.37. The molecular weight excluding hydrogens is 417 g/mol. The molecule has 1 heterocycles. The lowest BCUT2D eigenvalue weighted by molar-refractivity contribution is -0.137. The number of hydrogen-bond donors (Lipinski definition) is 1. The van der Waals surface area contributed by atoms with Crippen LogP contribution in [0.5, 0.6) is 0 Å². The van der Waals surface area contributed by atoms with E-state index in [0.717, 1.165) is 17.7 Å². The molecule has 0 saturated carbocycles. The van der Waals surface area contributed by atoms with Crippen LogP contribution >= 0.6 is 0 Å². The number of hydrogen-bond acceptors (Lipinski definition) is 3. The highest BCUT2D eigenvalue weighted by Crippen LogP contribution is 2.32. The maximum Gasteiger partial charge on any atom is 0.417 e. The second-order valence-electron chi connectivity index (χ2n) is 7.46. The van der Waals surface area contributed by atoms with Crippen LogP contribution in [0.3, 0.4) is 0 Å². The lowest BCUT2D eigenvalue weighted by Gasteiger charge is -2.32. The van der Waals surface area contributed by atoms with Gasteiger partial charge in [0.15, 0.2) is 0 Å². The average molecular weight is 440 g/mol.